The molecule has 0 radical (unpaired) electrons. The van der Waals surface area contributed by atoms with Gasteiger partial charge in [-0.25, -0.2) is 4.98 Å². The fourth-order valence-corrected chi connectivity index (χ4v) is 1.47. The Balaban J connectivity index is 2.56. The second kappa shape index (κ2) is 3.25. The highest BCUT2D eigenvalue weighted by Gasteiger charge is 2.17. The summed E-state index contributed by atoms with van der Waals surface area (Å²) in [5.74, 6) is 1.46. The third-order valence-electron chi connectivity index (χ3n) is 1.82. The van der Waals surface area contributed by atoms with Crippen LogP contribution in [-0.2, 0) is 0 Å². The van der Waals surface area contributed by atoms with E-state index in [-0.39, 0.29) is 0 Å². The van der Waals surface area contributed by atoms with Gasteiger partial charge in [0.05, 0.1) is 0 Å². The lowest BCUT2D eigenvalue weighted by atomic mass is 9.85. The maximum atomic E-state index is 4.13. The number of rotatable bonds is 2. The zero-order valence-electron chi connectivity index (χ0n) is 8.26. The summed E-state index contributed by atoms with van der Waals surface area (Å²) >= 11 is 0. The van der Waals surface area contributed by atoms with Gasteiger partial charge in [-0.05, 0) is 11.8 Å². The normalized spacial score (nSPS) is 14.7. The first-order valence-electron chi connectivity index (χ1n) is 4.34. The molecule has 0 amide bonds. The van der Waals surface area contributed by atoms with Gasteiger partial charge < -0.3 is 0 Å². The maximum absolute atomic E-state index is 4.13. The lowest BCUT2D eigenvalue weighted by Crippen LogP contribution is -2.10. The van der Waals surface area contributed by atoms with Crippen LogP contribution in [0.5, 0.6) is 0 Å². The minimum absolute atomic E-state index is 0.353. The third-order valence-corrected chi connectivity index (χ3v) is 1.82. The Hall–Kier alpha value is -0.860. The molecule has 0 aliphatic carbocycles. The van der Waals surface area contributed by atoms with E-state index in [0.717, 1.165) is 12.2 Å². The summed E-state index contributed by atoms with van der Waals surface area (Å²) in [5.41, 5.74) is 0.353. The molecule has 0 aliphatic heterocycles. The van der Waals surface area contributed by atoms with E-state index in [2.05, 4.69) is 42.9 Å². The Labute approximate surface area is 73.6 Å². The fraction of sp³-hybridized carbons (Fsp3) is 0.778. The second-order valence-electron chi connectivity index (χ2n) is 4.54. The molecule has 12 heavy (non-hydrogen) atoms. The Morgan fingerprint density at radius 2 is 2.17 bits per heavy atom. The van der Waals surface area contributed by atoms with Crippen LogP contribution in [0.1, 0.15) is 45.9 Å². The first kappa shape index (κ1) is 9.23. The van der Waals surface area contributed by atoms with E-state index >= 15 is 0 Å². The van der Waals surface area contributed by atoms with Crippen molar-refractivity contribution in [2.24, 2.45) is 5.41 Å². The molecule has 0 fully saturated rings. The van der Waals surface area contributed by atoms with Gasteiger partial charge in [0.1, 0.15) is 12.2 Å². The number of aromatic nitrogens is 3. The van der Waals surface area contributed by atoms with Crippen molar-refractivity contribution < 1.29 is 0 Å². The number of nitrogens with one attached hydrogen (secondary N) is 1. The molecule has 0 bridgehead atoms. The highest BCUT2D eigenvalue weighted by molar-refractivity contribution is 4.91. The second-order valence-corrected chi connectivity index (χ2v) is 4.54. The van der Waals surface area contributed by atoms with Gasteiger partial charge in [0.15, 0.2) is 0 Å². The van der Waals surface area contributed by atoms with Gasteiger partial charge in [0, 0.05) is 5.92 Å². The predicted molar refractivity (Wildman–Crippen MR) is 48.9 cm³/mol. The monoisotopic (exact) mass is 167 g/mol. The quantitative estimate of drug-likeness (QED) is 0.734. The molecule has 1 aromatic heterocycles. The molecule has 0 saturated carbocycles. The molecular weight excluding hydrogens is 150 g/mol. The topological polar surface area (TPSA) is 41.6 Å². The minimum Gasteiger partial charge on any atom is -0.263 e. The van der Waals surface area contributed by atoms with Gasteiger partial charge in [-0.15, -0.1) is 0 Å². The van der Waals surface area contributed by atoms with Crippen LogP contribution in [0, 0.1) is 5.41 Å². The maximum Gasteiger partial charge on any atom is 0.137 e. The van der Waals surface area contributed by atoms with Crippen LogP contribution in [0.25, 0.3) is 0 Å². The van der Waals surface area contributed by atoms with E-state index in [1.807, 2.05) is 0 Å². The lowest BCUT2D eigenvalue weighted by Gasteiger charge is -2.21. The number of H-pyrrole nitrogens is 1. The van der Waals surface area contributed by atoms with Crippen molar-refractivity contribution in [2.75, 3.05) is 0 Å². The standard InChI is InChI=1S/C9H17N3/c1-7(5-9(2,3)4)8-10-6-11-12-8/h6-7H,5H2,1-4H3,(H,10,11,12)/t7-/m1/s1. The average Bonchev–Trinajstić information content (AvgIpc) is 2.32. The fourth-order valence-electron chi connectivity index (χ4n) is 1.47. The molecule has 3 nitrogen and oxygen atoms in total. The number of aromatic amines is 1. The van der Waals surface area contributed by atoms with Crippen molar-refractivity contribution in [2.45, 2.75) is 40.0 Å². The molecule has 1 heterocycles. The first-order chi connectivity index (χ1) is 5.49. The van der Waals surface area contributed by atoms with Crippen LogP contribution >= 0.6 is 0 Å². The van der Waals surface area contributed by atoms with Crippen molar-refractivity contribution in [3.63, 3.8) is 0 Å². The van der Waals surface area contributed by atoms with Crippen molar-refractivity contribution >= 4 is 0 Å². The molecule has 1 rings (SSSR count). The smallest absolute Gasteiger partial charge is 0.137 e. The summed E-state index contributed by atoms with van der Waals surface area (Å²) < 4.78 is 0. The van der Waals surface area contributed by atoms with E-state index in [4.69, 9.17) is 0 Å². The third kappa shape index (κ3) is 2.64. The highest BCUT2D eigenvalue weighted by atomic mass is 15.2. The number of hydrogen-bond acceptors (Lipinski definition) is 2. The van der Waals surface area contributed by atoms with E-state index in [1.165, 1.54) is 0 Å². The summed E-state index contributed by atoms with van der Waals surface area (Å²) in [7, 11) is 0. The molecule has 68 valence electrons. The Kier molecular flexibility index (Phi) is 2.50. The van der Waals surface area contributed by atoms with Gasteiger partial charge in [0.25, 0.3) is 0 Å². The molecule has 1 aromatic rings. The summed E-state index contributed by atoms with van der Waals surface area (Å²) in [6, 6.07) is 0. The number of nitrogens with zero attached hydrogens (tertiary/aromatic N) is 2. The Bertz CT molecular complexity index is 220. The predicted octanol–water partition coefficient (Wildman–Crippen LogP) is 2.34. The first-order valence-corrected chi connectivity index (χ1v) is 4.34. The summed E-state index contributed by atoms with van der Waals surface area (Å²) in [6.07, 6.45) is 2.69. The summed E-state index contributed by atoms with van der Waals surface area (Å²) in [5, 5.41) is 6.74. The Morgan fingerprint density at radius 3 is 2.58 bits per heavy atom. The van der Waals surface area contributed by atoms with Gasteiger partial charge in [-0.2, -0.15) is 5.10 Å². The van der Waals surface area contributed by atoms with E-state index < -0.39 is 0 Å². The van der Waals surface area contributed by atoms with E-state index in [9.17, 15) is 0 Å². The molecule has 1 atom stereocenters. The Morgan fingerprint density at radius 1 is 1.50 bits per heavy atom. The van der Waals surface area contributed by atoms with E-state index in [0.29, 0.717) is 11.3 Å². The summed E-state index contributed by atoms with van der Waals surface area (Å²) in [4.78, 5) is 4.13. The molecule has 0 saturated heterocycles. The zero-order valence-corrected chi connectivity index (χ0v) is 8.26. The molecule has 0 unspecified atom stereocenters. The van der Waals surface area contributed by atoms with Crippen molar-refractivity contribution in [3.05, 3.63) is 12.2 Å². The largest absolute Gasteiger partial charge is 0.263 e. The van der Waals surface area contributed by atoms with Gasteiger partial charge >= 0.3 is 0 Å². The highest BCUT2D eigenvalue weighted by Crippen LogP contribution is 2.28. The van der Waals surface area contributed by atoms with Crippen LogP contribution in [0.3, 0.4) is 0 Å². The van der Waals surface area contributed by atoms with Gasteiger partial charge in [0.2, 0.25) is 0 Å². The van der Waals surface area contributed by atoms with Gasteiger partial charge in [-0.3, -0.25) is 5.10 Å². The van der Waals surface area contributed by atoms with Crippen LogP contribution in [0.15, 0.2) is 6.33 Å². The molecule has 0 spiro atoms. The zero-order chi connectivity index (χ0) is 9.19. The van der Waals surface area contributed by atoms with Crippen LogP contribution in [-0.4, -0.2) is 15.2 Å². The molecule has 0 aromatic carbocycles. The van der Waals surface area contributed by atoms with Crippen molar-refractivity contribution in [1.29, 1.82) is 0 Å². The lowest BCUT2D eigenvalue weighted by molar-refractivity contribution is 0.343. The van der Waals surface area contributed by atoms with Gasteiger partial charge in [-0.1, -0.05) is 27.7 Å². The molecule has 1 N–H and O–H groups in total. The minimum atomic E-state index is 0.353. The molecule has 3 heteroatoms. The molecular formula is C9H17N3. The van der Waals surface area contributed by atoms with Crippen molar-refractivity contribution in [3.8, 4) is 0 Å². The van der Waals surface area contributed by atoms with Crippen LogP contribution in [0.4, 0.5) is 0 Å². The average molecular weight is 167 g/mol. The SMILES string of the molecule is C[C@H](CC(C)(C)C)c1ncn[nH]1. The van der Waals surface area contributed by atoms with Crippen LogP contribution < -0.4 is 0 Å². The number of hydrogen-bond donors (Lipinski definition) is 1. The summed E-state index contributed by atoms with van der Waals surface area (Å²) in [6.45, 7) is 8.88. The van der Waals surface area contributed by atoms with Crippen molar-refractivity contribution in [1.82, 2.24) is 15.2 Å². The van der Waals surface area contributed by atoms with Crippen LogP contribution in [0.2, 0.25) is 0 Å². The van der Waals surface area contributed by atoms with E-state index in [1.54, 1.807) is 6.33 Å². The molecule has 0 aliphatic rings.